The molecule has 2 aromatic carbocycles. The van der Waals surface area contributed by atoms with Crippen LogP contribution in [0, 0.1) is 0 Å². The molecule has 0 aliphatic carbocycles. The van der Waals surface area contributed by atoms with Gasteiger partial charge < -0.3 is 5.21 Å². The molecule has 0 saturated carbocycles. The molecule has 4 heteroatoms. The molecule has 0 aromatic heterocycles. The van der Waals surface area contributed by atoms with Gasteiger partial charge in [0.2, 0.25) is 0 Å². The van der Waals surface area contributed by atoms with Crippen LogP contribution in [0.4, 0.5) is 0 Å². The maximum atomic E-state index is 8.61. The standard InChI is InChI=1S/C13H9Cl2NO/c14-12-6-5-9(7-13(12)15)11-4-2-1-3-10(11)8-16-17/h1-8,17H. The van der Waals surface area contributed by atoms with E-state index in [4.69, 9.17) is 28.4 Å². The fourth-order valence-corrected chi connectivity index (χ4v) is 1.90. The number of benzene rings is 2. The minimum absolute atomic E-state index is 0.500. The highest BCUT2D eigenvalue weighted by atomic mass is 35.5. The first kappa shape index (κ1) is 12.0. The zero-order chi connectivity index (χ0) is 12.3. The summed E-state index contributed by atoms with van der Waals surface area (Å²) in [5, 5.41) is 12.7. The van der Waals surface area contributed by atoms with Crippen LogP contribution in [0.25, 0.3) is 11.1 Å². The summed E-state index contributed by atoms with van der Waals surface area (Å²) in [6.45, 7) is 0. The molecular formula is C13H9Cl2NO. The van der Waals surface area contributed by atoms with E-state index in [1.54, 1.807) is 12.1 Å². The Kier molecular flexibility index (Phi) is 3.67. The summed E-state index contributed by atoms with van der Waals surface area (Å²) >= 11 is 11.8. The van der Waals surface area contributed by atoms with E-state index in [0.717, 1.165) is 16.7 Å². The molecule has 0 radical (unpaired) electrons. The van der Waals surface area contributed by atoms with Crippen LogP contribution in [0.1, 0.15) is 5.56 Å². The molecule has 2 rings (SSSR count). The fraction of sp³-hybridized carbons (Fsp3) is 0. The largest absolute Gasteiger partial charge is 0.411 e. The lowest BCUT2D eigenvalue weighted by Crippen LogP contribution is -1.87. The lowest BCUT2D eigenvalue weighted by Gasteiger charge is -2.06. The van der Waals surface area contributed by atoms with Crippen molar-refractivity contribution in [3.05, 3.63) is 58.1 Å². The maximum Gasteiger partial charge on any atom is 0.0740 e. The number of hydrogen-bond donors (Lipinski definition) is 1. The molecule has 0 saturated heterocycles. The first-order valence-electron chi connectivity index (χ1n) is 4.94. The molecule has 0 amide bonds. The smallest absolute Gasteiger partial charge is 0.0740 e. The number of hydrogen-bond acceptors (Lipinski definition) is 2. The van der Waals surface area contributed by atoms with E-state index in [0.29, 0.717) is 10.0 Å². The fourth-order valence-electron chi connectivity index (χ4n) is 1.60. The predicted octanol–water partition coefficient (Wildman–Crippen LogP) is 4.47. The van der Waals surface area contributed by atoms with E-state index >= 15 is 0 Å². The quantitative estimate of drug-likeness (QED) is 0.485. The highest BCUT2D eigenvalue weighted by molar-refractivity contribution is 6.42. The van der Waals surface area contributed by atoms with Crippen molar-refractivity contribution < 1.29 is 5.21 Å². The van der Waals surface area contributed by atoms with Crippen LogP contribution < -0.4 is 0 Å². The highest BCUT2D eigenvalue weighted by Crippen LogP contribution is 2.29. The topological polar surface area (TPSA) is 32.6 Å². The minimum atomic E-state index is 0.500. The van der Waals surface area contributed by atoms with E-state index in [-0.39, 0.29) is 0 Å². The normalized spacial score (nSPS) is 10.9. The first-order chi connectivity index (χ1) is 8.22. The number of nitrogens with zero attached hydrogens (tertiary/aromatic N) is 1. The highest BCUT2D eigenvalue weighted by Gasteiger charge is 2.05. The first-order valence-corrected chi connectivity index (χ1v) is 5.70. The Morgan fingerprint density at radius 3 is 2.47 bits per heavy atom. The van der Waals surface area contributed by atoms with Gasteiger partial charge in [-0.15, -0.1) is 0 Å². The molecule has 0 aliphatic rings. The van der Waals surface area contributed by atoms with Gasteiger partial charge >= 0.3 is 0 Å². The van der Waals surface area contributed by atoms with Crippen LogP contribution in [-0.2, 0) is 0 Å². The minimum Gasteiger partial charge on any atom is -0.411 e. The Morgan fingerprint density at radius 2 is 1.76 bits per heavy atom. The van der Waals surface area contributed by atoms with Crippen molar-refractivity contribution in [2.24, 2.45) is 5.16 Å². The monoisotopic (exact) mass is 265 g/mol. The van der Waals surface area contributed by atoms with Crippen LogP contribution in [0.5, 0.6) is 0 Å². The molecule has 2 aromatic rings. The molecule has 17 heavy (non-hydrogen) atoms. The predicted molar refractivity (Wildman–Crippen MR) is 71.3 cm³/mol. The Labute approximate surface area is 109 Å². The zero-order valence-corrected chi connectivity index (χ0v) is 10.3. The van der Waals surface area contributed by atoms with E-state index in [9.17, 15) is 0 Å². The molecule has 0 spiro atoms. The SMILES string of the molecule is ON=Cc1ccccc1-c1ccc(Cl)c(Cl)c1. The van der Waals surface area contributed by atoms with Gasteiger partial charge in [-0.2, -0.15) is 0 Å². The maximum absolute atomic E-state index is 8.61. The summed E-state index contributed by atoms with van der Waals surface area (Å²) in [4.78, 5) is 0. The van der Waals surface area contributed by atoms with Crippen LogP contribution in [0.3, 0.4) is 0 Å². The van der Waals surface area contributed by atoms with Gasteiger partial charge in [-0.05, 0) is 23.3 Å². The summed E-state index contributed by atoms with van der Waals surface area (Å²) in [5.41, 5.74) is 2.67. The Bertz CT molecular complexity index is 567. The lowest BCUT2D eigenvalue weighted by molar-refractivity contribution is 0.322. The summed E-state index contributed by atoms with van der Waals surface area (Å²) in [6, 6.07) is 13.0. The third kappa shape index (κ3) is 2.60. The van der Waals surface area contributed by atoms with Crippen molar-refractivity contribution in [2.45, 2.75) is 0 Å². The molecule has 0 bridgehead atoms. The molecule has 0 aliphatic heterocycles. The van der Waals surface area contributed by atoms with Gasteiger partial charge in [0, 0.05) is 5.56 Å². The molecule has 0 atom stereocenters. The van der Waals surface area contributed by atoms with Crippen LogP contribution >= 0.6 is 23.2 Å². The zero-order valence-electron chi connectivity index (χ0n) is 8.77. The molecule has 0 unspecified atom stereocenters. The second-order valence-corrected chi connectivity index (χ2v) is 4.28. The van der Waals surface area contributed by atoms with Gasteiger partial charge in [-0.3, -0.25) is 0 Å². The molecule has 0 heterocycles. The van der Waals surface area contributed by atoms with Gasteiger partial charge in [0.25, 0.3) is 0 Å². The Balaban J connectivity index is 2.56. The van der Waals surface area contributed by atoms with Gasteiger partial charge in [-0.25, -0.2) is 0 Å². The summed E-state index contributed by atoms with van der Waals surface area (Å²) < 4.78 is 0. The summed E-state index contributed by atoms with van der Waals surface area (Å²) in [6.07, 6.45) is 1.39. The lowest BCUT2D eigenvalue weighted by atomic mass is 10.0. The van der Waals surface area contributed by atoms with E-state index in [1.165, 1.54) is 6.21 Å². The molecule has 0 fully saturated rings. The van der Waals surface area contributed by atoms with Crippen molar-refractivity contribution >= 4 is 29.4 Å². The third-order valence-corrected chi connectivity index (χ3v) is 3.13. The van der Waals surface area contributed by atoms with E-state index < -0.39 is 0 Å². The number of oxime groups is 1. The Morgan fingerprint density at radius 1 is 1.00 bits per heavy atom. The van der Waals surface area contributed by atoms with Crippen LogP contribution in [0.2, 0.25) is 10.0 Å². The molecule has 86 valence electrons. The Hall–Kier alpha value is -1.51. The van der Waals surface area contributed by atoms with Gasteiger partial charge in [0.15, 0.2) is 0 Å². The third-order valence-electron chi connectivity index (χ3n) is 2.39. The van der Waals surface area contributed by atoms with Gasteiger partial charge in [0.05, 0.1) is 16.3 Å². The number of halogens is 2. The summed E-state index contributed by atoms with van der Waals surface area (Å²) in [7, 11) is 0. The van der Waals surface area contributed by atoms with Crippen molar-refractivity contribution in [1.82, 2.24) is 0 Å². The van der Waals surface area contributed by atoms with Crippen LogP contribution in [-0.4, -0.2) is 11.4 Å². The molecular weight excluding hydrogens is 257 g/mol. The van der Waals surface area contributed by atoms with Crippen LogP contribution in [0.15, 0.2) is 47.6 Å². The van der Waals surface area contributed by atoms with Crippen molar-refractivity contribution in [3.8, 4) is 11.1 Å². The summed E-state index contributed by atoms with van der Waals surface area (Å²) in [5.74, 6) is 0. The molecule has 2 nitrogen and oxygen atoms in total. The number of rotatable bonds is 2. The second-order valence-electron chi connectivity index (χ2n) is 3.46. The molecule has 1 N–H and O–H groups in total. The van der Waals surface area contributed by atoms with Gasteiger partial charge in [0.1, 0.15) is 0 Å². The average Bonchev–Trinajstić information content (AvgIpc) is 2.34. The van der Waals surface area contributed by atoms with Crippen molar-refractivity contribution in [2.75, 3.05) is 0 Å². The van der Waals surface area contributed by atoms with Crippen molar-refractivity contribution in [1.29, 1.82) is 0 Å². The van der Waals surface area contributed by atoms with E-state index in [2.05, 4.69) is 5.16 Å². The average molecular weight is 266 g/mol. The second kappa shape index (κ2) is 5.21. The van der Waals surface area contributed by atoms with Crippen molar-refractivity contribution in [3.63, 3.8) is 0 Å². The van der Waals surface area contributed by atoms with Gasteiger partial charge in [-0.1, -0.05) is 58.7 Å². The van der Waals surface area contributed by atoms with E-state index in [1.807, 2.05) is 30.3 Å².